The number of hydrogen-bond acceptors (Lipinski definition) is 4. The van der Waals surface area contributed by atoms with Crippen molar-refractivity contribution in [1.82, 2.24) is 5.32 Å². The minimum absolute atomic E-state index is 0.203. The van der Waals surface area contributed by atoms with Gasteiger partial charge in [0.25, 0.3) is 5.91 Å². The van der Waals surface area contributed by atoms with Crippen LogP contribution in [0.2, 0.25) is 0 Å². The Morgan fingerprint density at radius 3 is 2.83 bits per heavy atom. The van der Waals surface area contributed by atoms with Crippen LogP contribution in [0, 0.1) is 0 Å². The average molecular weight is 252 g/mol. The molecule has 0 spiro atoms. The minimum atomic E-state index is -0.421. The van der Waals surface area contributed by atoms with Gasteiger partial charge < -0.3 is 20.9 Å². The monoisotopic (exact) mass is 252 g/mol. The number of nitrogen functional groups attached to an aromatic ring is 1. The van der Waals surface area contributed by atoms with Crippen molar-refractivity contribution in [2.24, 2.45) is 0 Å². The highest BCUT2D eigenvalue weighted by molar-refractivity contribution is 5.95. The standard InChI is InChI=1S/C13H20N2O3/c1-3-18-12-5-4-10(8-11(12)14)13(17)15-7-6-9(2)16/h4-5,8-9,16H,3,6-7,14H2,1-2H3,(H,15,17). The van der Waals surface area contributed by atoms with Gasteiger partial charge >= 0.3 is 0 Å². The van der Waals surface area contributed by atoms with E-state index in [0.717, 1.165) is 0 Å². The zero-order valence-electron chi connectivity index (χ0n) is 10.8. The highest BCUT2D eigenvalue weighted by Gasteiger charge is 2.08. The number of benzene rings is 1. The van der Waals surface area contributed by atoms with Gasteiger partial charge in [-0.1, -0.05) is 0 Å². The van der Waals surface area contributed by atoms with Crippen LogP contribution in [0.3, 0.4) is 0 Å². The van der Waals surface area contributed by atoms with Crippen LogP contribution in [0.15, 0.2) is 18.2 Å². The maximum atomic E-state index is 11.8. The van der Waals surface area contributed by atoms with Crippen LogP contribution in [-0.2, 0) is 0 Å². The molecule has 0 fully saturated rings. The first-order valence-electron chi connectivity index (χ1n) is 6.03. The van der Waals surface area contributed by atoms with E-state index >= 15 is 0 Å². The fraction of sp³-hybridized carbons (Fsp3) is 0.462. The molecule has 0 bridgehead atoms. The SMILES string of the molecule is CCOc1ccc(C(=O)NCCC(C)O)cc1N. The normalized spacial score (nSPS) is 11.9. The van der Waals surface area contributed by atoms with Crippen LogP contribution in [0.1, 0.15) is 30.6 Å². The first-order valence-corrected chi connectivity index (χ1v) is 6.03. The van der Waals surface area contributed by atoms with E-state index < -0.39 is 6.10 Å². The zero-order chi connectivity index (χ0) is 13.5. The van der Waals surface area contributed by atoms with Gasteiger partial charge in [-0.3, -0.25) is 4.79 Å². The number of carbonyl (C=O) groups excluding carboxylic acids is 1. The third-order valence-corrected chi connectivity index (χ3v) is 2.42. The lowest BCUT2D eigenvalue weighted by atomic mass is 10.1. The molecule has 4 N–H and O–H groups in total. The van der Waals surface area contributed by atoms with Gasteiger partial charge in [0, 0.05) is 12.1 Å². The molecule has 5 heteroatoms. The quantitative estimate of drug-likeness (QED) is 0.663. The number of ether oxygens (including phenoxy) is 1. The Labute approximate surface area is 107 Å². The number of aliphatic hydroxyl groups is 1. The van der Waals surface area contributed by atoms with E-state index in [1.54, 1.807) is 25.1 Å². The zero-order valence-corrected chi connectivity index (χ0v) is 10.8. The number of rotatable bonds is 6. The van der Waals surface area contributed by atoms with E-state index in [0.29, 0.717) is 36.6 Å². The molecule has 1 atom stereocenters. The highest BCUT2D eigenvalue weighted by Crippen LogP contribution is 2.22. The Bertz CT molecular complexity index is 405. The minimum Gasteiger partial charge on any atom is -0.492 e. The van der Waals surface area contributed by atoms with Crippen LogP contribution < -0.4 is 15.8 Å². The molecule has 1 rings (SSSR count). The van der Waals surface area contributed by atoms with Crippen molar-refractivity contribution in [3.63, 3.8) is 0 Å². The van der Waals surface area contributed by atoms with Gasteiger partial charge in [-0.25, -0.2) is 0 Å². The molecule has 0 saturated heterocycles. The summed E-state index contributed by atoms with van der Waals surface area (Å²) in [6.45, 7) is 4.52. The predicted octanol–water partition coefficient (Wildman–Crippen LogP) is 1.17. The maximum Gasteiger partial charge on any atom is 0.251 e. The average Bonchev–Trinajstić information content (AvgIpc) is 2.31. The summed E-state index contributed by atoms with van der Waals surface area (Å²) in [6.07, 6.45) is 0.105. The number of anilines is 1. The summed E-state index contributed by atoms with van der Waals surface area (Å²) in [5, 5.41) is 11.8. The van der Waals surface area contributed by atoms with Crippen molar-refractivity contribution in [3.05, 3.63) is 23.8 Å². The first kappa shape index (κ1) is 14.3. The van der Waals surface area contributed by atoms with E-state index in [4.69, 9.17) is 15.6 Å². The van der Waals surface area contributed by atoms with Crippen LogP contribution in [0.5, 0.6) is 5.75 Å². The van der Waals surface area contributed by atoms with E-state index in [-0.39, 0.29) is 5.91 Å². The van der Waals surface area contributed by atoms with Gasteiger partial charge in [-0.15, -0.1) is 0 Å². The van der Waals surface area contributed by atoms with Gasteiger partial charge in [0.2, 0.25) is 0 Å². The van der Waals surface area contributed by atoms with Gasteiger partial charge in [0.05, 0.1) is 18.4 Å². The summed E-state index contributed by atoms with van der Waals surface area (Å²) in [4.78, 5) is 11.8. The van der Waals surface area contributed by atoms with Crippen LogP contribution in [0.4, 0.5) is 5.69 Å². The number of amides is 1. The maximum absolute atomic E-state index is 11.8. The van der Waals surface area contributed by atoms with Crippen LogP contribution in [0.25, 0.3) is 0 Å². The van der Waals surface area contributed by atoms with E-state index in [2.05, 4.69) is 5.32 Å². The molecular formula is C13H20N2O3. The molecule has 1 aromatic rings. The molecule has 0 aliphatic rings. The molecule has 0 aromatic heterocycles. The van der Waals surface area contributed by atoms with Gasteiger partial charge in [-0.2, -0.15) is 0 Å². The summed E-state index contributed by atoms with van der Waals surface area (Å²) in [5.74, 6) is 0.378. The van der Waals surface area contributed by atoms with Crippen LogP contribution in [-0.4, -0.2) is 30.3 Å². The Morgan fingerprint density at radius 2 is 2.28 bits per heavy atom. The largest absolute Gasteiger partial charge is 0.492 e. The van der Waals surface area contributed by atoms with Gasteiger partial charge in [0.15, 0.2) is 0 Å². The van der Waals surface area contributed by atoms with Crippen molar-refractivity contribution in [2.45, 2.75) is 26.4 Å². The molecule has 5 nitrogen and oxygen atoms in total. The van der Waals surface area contributed by atoms with Crippen LogP contribution >= 0.6 is 0 Å². The summed E-state index contributed by atoms with van der Waals surface area (Å²) >= 11 is 0. The number of nitrogens with two attached hydrogens (primary N) is 1. The van der Waals surface area contributed by atoms with E-state index in [1.807, 2.05) is 6.92 Å². The second-order valence-electron chi connectivity index (χ2n) is 4.08. The summed E-state index contributed by atoms with van der Waals surface area (Å²) in [5.41, 5.74) is 6.71. The molecule has 100 valence electrons. The molecule has 0 aliphatic carbocycles. The molecule has 0 heterocycles. The smallest absolute Gasteiger partial charge is 0.251 e. The van der Waals surface area contributed by atoms with Gasteiger partial charge in [0.1, 0.15) is 5.75 Å². The predicted molar refractivity (Wildman–Crippen MR) is 70.7 cm³/mol. The summed E-state index contributed by atoms with van der Waals surface area (Å²) < 4.78 is 5.29. The fourth-order valence-corrected chi connectivity index (χ4v) is 1.47. The number of carbonyl (C=O) groups is 1. The van der Waals surface area contributed by atoms with E-state index in [9.17, 15) is 4.79 Å². The lowest BCUT2D eigenvalue weighted by Crippen LogP contribution is -2.26. The lowest BCUT2D eigenvalue weighted by Gasteiger charge is -2.10. The molecule has 1 unspecified atom stereocenters. The molecule has 1 aromatic carbocycles. The van der Waals surface area contributed by atoms with E-state index in [1.165, 1.54) is 0 Å². The third-order valence-electron chi connectivity index (χ3n) is 2.42. The van der Waals surface area contributed by atoms with Crippen molar-refractivity contribution >= 4 is 11.6 Å². The van der Waals surface area contributed by atoms with Crippen molar-refractivity contribution in [2.75, 3.05) is 18.9 Å². The molecule has 0 aliphatic heterocycles. The van der Waals surface area contributed by atoms with Crippen molar-refractivity contribution < 1.29 is 14.6 Å². The molecule has 18 heavy (non-hydrogen) atoms. The second-order valence-corrected chi connectivity index (χ2v) is 4.08. The first-order chi connectivity index (χ1) is 8.54. The Hall–Kier alpha value is -1.75. The van der Waals surface area contributed by atoms with Gasteiger partial charge in [-0.05, 0) is 38.5 Å². The molecule has 1 amide bonds. The Balaban J connectivity index is 2.61. The molecular weight excluding hydrogens is 232 g/mol. The molecule has 0 saturated carbocycles. The van der Waals surface area contributed by atoms with Crippen molar-refractivity contribution in [3.8, 4) is 5.75 Å². The highest BCUT2D eigenvalue weighted by atomic mass is 16.5. The topological polar surface area (TPSA) is 84.6 Å². The second kappa shape index (κ2) is 6.86. The lowest BCUT2D eigenvalue weighted by molar-refractivity contribution is 0.0945. The summed E-state index contributed by atoms with van der Waals surface area (Å²) in [7, 11) is 0. The Morgan fingerprint density at radius 1 is 1.56 bits per heavy atom. The number of nitrogens with one attached hydrogen (secondary N) is 1. The molecule has 0 radical (unpaired) electrons. The fourth-order valence-electron chi connectivity index (χ4n) is 1.47. The number of aliphatic hydroxyl groups excluding tert-OH is 1. The number of hydrogen-bond donors (Lipinski definition) is 3. The Kier molecular flexibility index (Phi) is 5.45. The van der Waals surface area contributed by atoms with Crippen molar-refractivity contribution in [1.29, 1.82) is 0 Å². The third kappa shape index (κ3) is 4.25. The summed E-state index contributed by atoms with van der Waals surface area (Å²) in [6, 6.07) is 4.93.